The van der Waals surface area contributed by atoms with Crippen molar-refractivity contribution in [1.82, 2.24) is 15.1 Å². The summed E-state index contributed by atoms with van der Waals surface area (Å²) in [6.45, 7) is 0.705. The maximum Gasteiger partial charge on any atom is 0.435 e. The van der Waals surface area contributed by atoms with E-state index >= 15 is 0 Å². The molecule has 1 aromatic carbocycles. The fraction of sp³-hybridized carbons (Fsp3) is 0.308. The van der Waals surface area contributed by atoms with Crippen molar-refractivity contribution in [3.8, 4) is 5.75 Å². The van der Waals surface area contributed by atoms with Crippen molar-refractivity contribution in [3.63, 3.8) is 0 Å². The lowest BCUT2D eigenvalue weighted by Gasteiger charge is -2.05. The van der Waals surface area contributed by atoms with Crippen LogP contribution in [0.3, 0.4) is 0 Å². The summed E-state index contributed by atoms with van der Waals surface area (Å²) >= 11 is 0. The maximum absolute atomic E-state index is 12.5. The summed E-state index contributed by atoms with van der Waals surface area (Å²) in [7, 11) is 1.47. The van der Waals surface area contributed by atoms with E-state index in [1.165, 1.54) is 11.7 Å². The first-order valence-corrected chi connectivity index (χ1v) is 5.95. The number of halogens is 3. The average Bonchev–Trinajstić information content (AvgIpc) is 2.71. The monoisotopic (exact) mass is 285 g/mol. The van der Waals surface area contributed by atoms with Crippen molar-refractivity contribution >= 4 is 0 Å². The minimum atomic E-state index is -4.43. The number of benzene rings is 1. The van der Waals surface area contributed by atoms with E-state index < -0.39 is 11.9 Å². The van der Waals surface area contributed by atoms with Crippen LogP contribution in [0.25, 0.3) is 0 Å². The lowest BCUT2D eigenvalue weighted by atomic mass is 10.2. The van der Waals surface area contributed by atoms with Crippen molar-refractivity contribution in [2.75, 3.05) is 0 Å². The topological polar surface area (TPSA) is 50.1 Å². The quantitative estimate of drug-likeness (QED) is 0.907. The van der Waals surface area contributed by atoms with Gasteiger partial charge in [0.25, 0.3) is 0 Å². The van der Waals surface area contributed by atoms with Gasteiger partial charge >= 0.3 is 6.18 Å². The van der Waals surface area contributed by atoms with Crippen molar-refractivity contribution in [1.29, 1.82) is 0 Å². The molecule has 0 bridgehead atoms. The summed E-state index contributed by atoms with van der Waals surface area (Å²) in [6.07, 6.45) is -4.43. The van der Waals surface area contributed by atoms with Crippen LogP contribution in [0.5, 0.6) is 5.75 Å². The number of hydrogen-bond acceptors (Lipinski definition) is 3. The highest BCUT2D eigenvalue weighted by atomic mass is 19.4. The summed E-state index contributed by atoms with van der Waals surface area (Å²) in [5, 5.41) is 15.7. The fourth-order valence-electron chi connectivity index (χ4n) is 1.81. The Labute approximate surface area is 113 Å². The number of phenols is 1. The summed E-state index contributed by atoms with van der Waals surface area (Å²) in [4.78, 5) is 0. The van der Waals surface area contributed by atoms with Crippen molar-refractivity contribution in [2.24, 2.45) is 7.05 Å². The van der Waals surface area contributed by atoms with E-state index in [-0.39, 0.29) is 12.3 Å². The molecule has 2 N–H and O–H groups in total. The Bertz CT molecular complexity index is 593. The molecule has 0 radical (unpaired) electrons. The molecule has 108 valence electrons. The molecule has 0 unspecified atom stereocenters. The molecule has 0 aliphatic heterocycles. The second-order valence-electron chi connectivity index (χ2n) is 4.42. The molecule has 1 heterocycles. The van der Waals surface area contributed by atoms with Gasteiger partial charge in [0.2, 0.25) is 0 Å². The van der Waals surface area contributed by atoms with Gasteiger partial charge in [0.1, 0.15) is 5.75 Å². The molecule has 0 fully saturated rings. The maximum atomic E-state index is 12.5. The highest BCUT2D eigenvalue weighted by molar-refractivity contribution is 5.27. The van der Waals surface area contributed by atoms with E-state index in [4.69, 9.17) is 0 Å². The summed E-state index contributed by atoms with van der Waals surface area (Å²) in [5.74, 6) is 0.157. The summed E-state index contributed by atoms with van der Waals surface area (Å²) in [5.41, 5.74) is 0.398. The number of nitrogens with one attached hydrogen (secondary N) is 1. The number of hydrogen-bond donors (Lipinski definition) is 2. The van der Waals surface area contributed by atoms with Crippen LogP contribution >= 0.6 is 0 Å². The lowest BCUT2D eigenvalue weighted by molar-refractivity contribution is -0.141. The van der Waals surface area contributed by atoms with Gasteiger partial charge in [-0.2, -0.15) is 18.3 Å². The molecule has 0 spiro atoms. The van der Waals surface area contributed by atoms with Gasteiger partial charge in [-0.05, 0) is 23.8 Å². The normalized spacial score (nSPS) is 11.8. The Balaban J connectivity index is 1.96. The number of phenolic OH excluding ortho intramolecular Hbond substituents is 1. The minimum absolute atomic E-state index is 0.157. The fourth-order valence-corrected chi connectivity index (χ4v) is 1.81. The average molecular weight is 285 g/mol. The molecule has 0 amide bonds. The second-order valence-corrected chi connectivity index (χ2v) is 4.42. The van der Waals surface area contributed by atoms with Gasteiger partial charge in [-0.1, -0.05) is 12.1 Å². The van der Waals surface area contributed by atoms with Gasteiger partial charge in [0.05, 0.1) is 5.69 Å². The third kappa shape index (κ3) is 3.51. The first-order valence-electron chi connectivity index (χ1n) is 5.95. The van der Waals surface area contributed by atoms with Crippen LogP contribution in [0.1, 0.15) is 17.0 Å². The Morgan fingerprint density at radius 3 is 2.60 bits per heavy atom. The molecule has 1 aromatic heterocycles. The van der Waals surface area contributed by atoms with Crippen molar-refractivity contribution in [2.45, 2.75) is 19.3 Å². The third-order valence-corrected chi connectivity index (χ3v) is 2.81. The predicted octanol–water partition coefficient (Wildman–Crippen LogP) is 2.43. The van der Waals surface area contributed by atoms with Crippen molar-refractivity contribution < 1.29 is 18.3 Å². The third-order valence-electron chi connectivity index (χ3n) is 2.81. The number of aromatic hydroxyl groups is 1. The van der Waals surface area contributed by atoms with Crippen LogP contribution in [0, 0.1) is 0 Å². The highest BCUT2D eigenvalue weighted by Gasteiger charge is 2.34. The Hall–Kier alpha value is -2.02. The molecular weight excluding hydrogens is 271 g/mol. The number of nitrogens with zero attached hydrogens (tertiary/aromatic N) is 2. The van der Waals surface area contributed by atoms with E-state index in [1.807, 2.05) is 6.07 Å². The molecule has 0 saturated heterocycles. The minimum Gasteiger partial charge on any atom is -0.508 e. The Kier molecular flexibility index (Phi) is 3.99. The van der Waals surface area contributed by atoms with Crippen LogP contribution < -0.4 is 5.32 Å². The zero-order valence-corrected chi connectivity index (χ0v) is 10.8. The number of aryl methyl sites for hydroxylation is 1. The second kappa shape index (κ2) is 5.54. The first-order chi connectivity index (χ1) is 9.36. The van der Waals surface area contributed by atoms with Gasteiger partial charge in [-0.3, -0.25) is 4.68 Å². The van der Waals surface area contributed by atoms with Gasteiger partial charge < -0.3 is 10.4 Å². The van der Waals surface area contributed by atoms with E-state index in [0.717, 1.165) is 11.6 Å². The zero-order chi connectivity index (χ0) is 14.8. The first kappa shape index (κ1) is 14.4. The van der Waals surface area contributed by atoms with Crippen LogP contribution in [-0.4, -0.2) is 14.9 Å². The molecule has 0 atom stereocenters. The Morgan fingerprint density at radius 2 is 2.00 bits per heavy atom. The molecule has 2 aromatic rings. The van der Waals surface area contributed by atoms with E-state index in [9.17, 15) is 18.3 Å². The van der Waals surface area contributed by atoms with Crippen LogP contribution in [0.4, 0.5) is 13.2 Å². The molecular formula is C13H14F3N3O. The highest BCUT2D eigenvalue weighted by Crippen LogP contribution is 2.28. The van der Waals surface area contributed by atoms with Crippen LogP contribution in [0.2, 0.25) is 0 Å². The molecule has 20 heavy (non-hydrogen) atoms. The standard InChI is InChI=1S/C13H14F3N3O/c1-19-10(6-12(18-19)13(14,15)16)8-17-7-9-3-2-4-11(20)5-9/h2-6,17,20H,7-8H2,1H3. The molecule has 0 saturated carbocycles. The van der Waals surface area contributed by atoms with Gasteiger partial charge in [-0.25, -0.2) is 0 Å². The number of aromatic nitrogens is 2. The van der Waals surface area contributed by atoms with Crippen LogP contribution in [-0.2, 0) is 26.3 Å². The largest absolute Gasteiger partial charge is 0.508 e. The van der Waals surface area contributed by atoms with Crippen LogP contribution in [0.15, 0.2) is 30.3 Å². The van der Waals surface area contributed by atoms with Gasteiger partial charge in [0, 0.05) is 20.1 Å². The SMILES string of the molecule is Cn1nc(C(F)(F)F)cc1CNCc1cccc(O)c1. The lowest BCUT2D eigenvalue weighted by Crippen LogP contribution is -2.15. The summed E-state index contributed by atoms with van der Waals surface area (Å²) < 4.78 is 38.7. The molecule has 7 heteroatoms. The molecule has 0 aliphatic rings. The smallest absolute Gasteiger partial charge is 0.435 e. The summed E-state index contributed by atoms with van der Waals surface area (Å²) in [6, 6.07) is 7.70. The van der Waals surface area contributed by atoms with E-state index in [1.54, 1.807) is 18.2 Å². The van der Waals surface area contributed by atoms with E-state index in [0.29, 0.717) is 12.2 Å². The molecule has 2 rings (SSSR count). The number of alkyl halides is 3. The molecule has 0 aliphatic carbocycles. The Morgan fingerprint density at radius 1 is 1.25 bits per heavy atom. The zero-order valence-electron chi connectivity index (χ0n) is 10.8. The predicted molar refractivity (Wildman–Crippen MR) is 66.9 cm³/mol. The van der Waals surface area contributed by atoms with Gasteiger partial charge in [-0.15, -0.1) is 0 Å². The van der Waals surface area contributed by atoms with Crippen molar-refractivity contribution in [3.05, 3.63) is 47.3 Å². The molecule has 4 nitrogen and oxygen atoms in total. The van der Waals surface area contributed by atoms with Gasteiger partial charge in [0.15, 0.2) is 5.69 Å². The van der Waals surface area contributed by atoms with E-state index in [2.05, 4.69) is 10.4 Å². The number of rotatable bonds is 4.